The summed E-state index contributed by atoms with van der Waals surface area (Å²) in [6.45, 7) is 0. The molecular formula is C8H12N4O4. The Labute approximate surface area is 90.9 Å². The largest absolute Gasteiger partial charge is 0.344 e. The van der Waals surface area contributed by atoms with Crippen molar-refractivity contribution in [2.45, 2.75) is 0 Å². The minimum atomic E-state index is -0.329. The molecule has 0 aromatic heterocycles. The highest BCUT2D eigenvalue weighted by atomic mass is 16.2. The Morgan fingerprint density at radius 2 is 0.750 bits per heavy atom. The first-order valence-corrected chi connectivity index (χ1v) is 3.64. The fourth-order valence-corrected chi connectivity index (χ4v) is 0.712. The summed E-state index contributed by atoms with van der Waals surface area (Å²) in [6, 6.07) is 0. The molecule has 0 saturated carbocycles. The van der Waals surface area contributed by atoms with E-state index in [4.69, 9.17) is 0 Å². The molecule has 0 saturated heterocycles. The summed E-state index contributed by atoms with van der Waals surface area (Å²) in [5.74, 6) is -1.31. The average molecular weight is 228 g/mol. The molecule has 0 spiro atoms. The maximum absolute atomic E-state index is 10.0. The molecule has 0 bridgehead atoms. The molecule has 0 aromatic rings. The Kier molecular flexibility index (Phi) is 7.09. The van der Waals surface area contributed by atoms with Crippen molar-refractivity contribution >= 4 is 23.6 Å². The summed E-state index contributed by atoms with van der Waals surface area (Å²) >= 11 is 0. The van der Waals surface area contributed by atoms with Crippen LogP contribution in [-0.2, 0) is 19.2 Å². The third kappa shape index (κ3) is 5.42. The van der Waals surface area contributed by atoms with E-state index in [1.807, 2.05) is 10.6 Å². The average Bonchev–Trinajstić information content (AvgIpc) is 2.63. The van der Waals surface area contributed by atoms with E-state index in [-0.39, 0.29) is 35.9 Å². The zero-order valence-electron chi connectivity index (χ0n) is 8.36. The van der Waals surface area contributed by atoms with Gasteiger partial charge in [-0.3, -0.25) is 29.8 Å². The monoisotopic (exact) mass is 228 g/mol. The van der Waals surface area contributed by atoms with E-state index in [2.05, 4.69) is 0 Å². The quantitative estimate of drug-likeness (QED) is 0.377. The Bertz CT molecular complexity index is 304. The molecule has 8 N–H and O–H groups in total. The maximum Gasteiger partial charge on any atom is 0.250 e. The van der Waals surface area contributed by atoms with E-state index in [0.717, 1.165) is 0 Å². The van der Waals surface area contributed by atoms with Crippen LogP contribution in [0.1, 0.15) is 0 Å². The summed E-state index contributed by atoms with van der Waals surface area (Å²) in [5.41, 5.74) is 0. The SMILES string of the molecule is N.N.O=C1C=CC(=O)N1.O=C1C=CC(=O)N1. The van der Waals surface area contributed by atoms with Gasteiger partial charge >= 0.3 is 0 Å². The van der Waals surface area contributed by atoms with Gasteiger partial charge in [0.25, 0.3) is 23.6 Å². The predicted octanol–water partition coefficient (Wildman–Crippen LogP) is -1.28. The van der Waals surface area contributed by atoms with E-state index in [1.165, 1.54) is 24.3 Å². The lowest BCUT2D eigenvalue weighted by Gasteiger charge is -1.80. The van der Waals surface area contributed by atoms with Crippen molar-refractivity contribution in [3.05, 3.63) is 24.3 Å². The summed E-state index contributed by atoms with van der Waals surface area (Å²) in [7, 11) is 0. The molecule has 88 valence electrons. The van der Waals surface area contributed by atoms with Crippen LogP contribution in [0.4, 0.5) is 0 Å². The van der Waals surface area contributed by atoms with E-state index in [1.54, 1.807) is 0 Å². The first kappa shape index (κ1) is 16.1. The van der Waals surface area contributed by atoms with Crippen molar-refractivity contribution in [2.24, 2.45) is 0 Å². The lowest BCUT2D eigenvalue weighted by Crippen LogP contribution is -2.19. The number of hydrogen-bond donors (Lipinski definition) is 4. The number of carbonyl (C=O) groups excluding carboxylic acids is 4. The van der Waals surface area contributed by atoms with E-state index in [0.29, 0.717) is 0 Å². The van der Waals surface area contributed by atoms with Crippen molar-refractivity contribution in [1.29, 1.82) is 0 Å². The Balaban J connectivity index is 0. The van der Waals surface area contributed by atoms with Gasteiger partial charge in [-0.15, -0.1) is 0 Å². The zero-order chi connectivity index (χ0) is 10.6. The minimum Gasteiger partial charge on any atom is -0.344 e. The molecule has 0 atom stereocenters. The zero-order valence-corrected chi connectivity index (χ0v) is 8.36. The predicted molar refractivity (Wildman–Crippen MR) is 54.6 cm³/mol. The van der Waals surface area contributed by atoms with E-state index < -0.39 is 0 Å². The van der Waals surface area contributed by atoms with Crippen molar-refractivity contribution in [3.8, 4) is 0 Å². The summed E-state index contributed by atoms with van der Waals surface area (Å²) in [5, 5.41) is 4.06. The number of amides is 4. The van der Waals surface area contributed by atoms with E-state index >= 15 is 0 Å². The highest BCUT2D eigenvalue weighted by molar-refractivity contribution is 6.13. The van der Waals surface area contributed by atoms with Gasteiger partial charge in [0, 0.05) is 24.3 Å². The first-order chi connectivity index (χ1) is 6.58. The Morgan fingerprint density at radius 3 is 0.812 bits per heavy atom. The molecule has 16 heavy (non-hydrogen) atoms. The number of hydrogen-bond acceptors (Lipinski definition) is 6. The van der Waals surface area contributed by atoms with Gasteiger partial charge < -0.3 is 12.3 Å². The second-order valence-electron chi connectivity index (χ2n) is 2.37. The molecule has 8 nitrogen and oxygen atoms in total. The molecule has 2 aliphatic rings. The molecular weight excluding hydrogens is 216 g/mol. The second kappa shape index (κ2) is 7.04. The topological polar surface area (TPSA) is 162 Å². The third-order valence-electron chi connectivity index (χ3n) is 1.26. The first-order valence-electron chi connectivity index (χ1n) is 3.64. The molecule has 2 rings (SSSR count). The van der Waals surface area contributed by atoms with Crippen molar-refractivity contribution < 1.29 is 19.2 Å². The van der Waals surface area contributed by atoms with Crippen LogP contribution in [0.5, 0.6) is 0 Å². The van der Waals surface area contributed by atoms with Crippen LogP contribution in [0.15, 0.2) is 24.3 Å². The highest BCUT2D eigenvalue weighted by Gasteiger charge is 2.07. The minimum absolute atomic E-state index is 0. The lowest BCUT2D eigenvalue weighted by molar-refractivity contribution is -0.125. The number of rotatable bonds is 0. The molecule has 0 aliphatic carbocycles. The number of carbonyl (C=O) groups is 4. The van der Waals surface area contributed by atoms with Gasteiger partial charge in [-0.2, -0.15) is 0 Å². The Hall–Kier alpha value is -2.32. The van der Waals surface area contributed by atoms with Crippen LogP contribution in [0.3, 0.4) is 0 Å². The van der Waals surface area contributed by atoms with Crippen molar-refractivity contribution in [1.82, 2.24) is 22.9 Å². The summed E-state index contributed by atoms with van der Waals surface area (Å²) in [4.78, 5) is 40.1. The highest BCUT2D eigenvalue weighted by Crippen LogP contribution is 1.83. The molecule has 8 heteroatoms. The van der Waals surface area contributed by atoms with Gasteiger partial charge in [-0.1, -0.05) is 0 Å². The van der Waals surface area contributed by atoms with Gasteiger partial charge in [0.2, 0.25) is 0 Å². The van der Waals surface area contributed by atoms with Crippen LogP contribution in [0.25, 0.3) is 0 Å². The third-order valence-corrected chi connectivity index (χ3v) is 1.26. The standard InChI is InChI=1S/2C4H3NO2.2H3N/c2*6-3-1-2-4(7)5-3;;/h2*1-2H,(H,5,6,7);2*1H3. The van der Waals surface area contributed by atoms with E-state index in [9.17, 15) is 19.2 Å². The maximum atomic E-state index is 10.0. The lowest BCUT2D eigenvalue weighted by atomic mass is 10.6. The second-order valence-corrected chi connectivity index (χ2v) is 2.37. The molecule has 0 radical (unpaired) electrons. The molecule has 4 amide bonds. The van der Waals surface area contributed by atoms with Crippen LogP contribution in [0, 0.1) is 0 Å². The van der Waals surface area contributed by atoms with Gasteiger partial charge in [0.15, 0.2) is 0 Å². The fourth-order valence-electron chi connectivity index (χ4n) is 0.712. The molecule has 0 unspecified atom stereocenters. The molecule has 0 fully saturated rings. The normalized spacial score (nSPS) is 15.5. The van der Waals surface area contributed by atoms with Crippen LogP contribution >= 0.6 is 0 Å². The fraction of sp³-hybridized carbons (Fsp3) is 0. The van der Waals surface area contributed by atoms with Gasteiger partial charge in [0.05, 0.1) is 0 Å². The van der Waals surface area contributed by atoms with Gasteiger partial charge in [-0.25, -0.2) is 0 Å². The van der Waals surface area contributed by atoms with Crippen LogP contribution < -0.4 is 22.9 Å². The number of nitrogens with one attached hydrogen (secondary N) is 2. The van der Waals surface area contributed by atoms with Crippen LogP contribution in [0.2, 0.25) is 0 Å². The molecule has 2 heterocycles. The summed E-state index contributed by atoms with van der Waals surface area (Å²) in [6.07, 6.45) is 4.79. The van der Waals surface area contributed by atoms with Crippen molar-refractivity contribution in [3.63, 3.8) is 0 Å². The van der Waals surface area contributed by atoms with Gasteiger partial charge in [0.1, 0.15) is 0 Å². The van der Waals surface area contributed by atoms with Gasteiger partial charge in [-0.05, 0) is 0 Å². The van der Waals surface area contributed by atoms with Crippen LogP contribution in [-0.4, -0.2) is 23.6 Å². The summed E-state index contributed by atoms with van der Waals surface area (Å²) < 4.78 is 0. The molecule has 2 aliphatic heterocycles. The molecule has 0 aromatic carbocycles. The number of imide groups is 2. The Morgan fingerprint density at radius 1 is 0.562 bits per heavy atom. The smallest absolute Gasteiger partial charge is 0.250 e. The van der Waals surface area contributed by atoms with Crippen molar-refractivity contribution in [2.75, 3.05) is 0 Å².